The summed E-state index contributed by atoms with van der Waals surface area (Å²) in [4.78, 5) is 33.0. The molecule has 0 bridgehead atoms. The number of fused-ring (bicyclic) bond motifs is 3. The zero-order valence-corrected chi connectivity index (χ0v) is 15.2. The average molecular weight is 347 g/mol. The van der Waals surface area contributed by atoms with Gasteiger partial charge in [0.1, 0.15) is 17.7 Å². The van der Waals surface area contributed by atoms with E-state index in [2.05, 4.69) is 23.9 Å². The molecule has 0 N–H and O–H groups in total. The van der Waals surface area contributed by atoms with E-state index < -0.39 is 0 Å². The largest absolute Gasteiger partial charge is 0.352 e. The highest BCUT2D eigenvalue weighted by atomic mass is 32.1. The first kappa shape index (κ1) is 16.6. The van der Waals surface area contributed by atoms with Crippen LogP contribution in [0.15, 0.2) is 11.1 Å². The van der Waals surface area contributed by atoms with Gasteiger partial charge in [0.15, 0.2) is 5.65 Å². The first-order chi connectivity index (χ1) is 11.5. The molecule has 0 aromatic carbocycles. The lowest BCUT2D eigenvalue weighted by molar-refractivity contribution is -0.131. The van der Waals surface area contributed by atoms with E-state index in [1.54, 1.807) is 16.2 Å². The first-order valence-corrected chi connectivity index (χ1v) is 8.97. The van der Waals surface area contributed by atoms with Gasteiger partial charge in [0.05, 0.1) is 5.39 Å². The van der Waals surface area contributed by atoms with Gasteiger partial charge in [-0.15, -0.1) is 16.4 Å². The van der Waals surface area contributed by atoms with Crippen LogP contribution in [0.2, 0.25) is 0 Å². The molecular formula is C16H21N5O2S. The average Bonchev–Trinajstić information content (AvgIpc) is 3.05. The van der Waals surface area contributed by atoms with E-state index in [0.29, 0.717) is 18.7 Å². The number of rotatable bonds is 5. The molecule has 1 amide bonds. The summed E-state index contributed by atoms with van der Waals surface area (Å²) in [6.07, 6.45) is 2.35. The second-order valence-electron chi connectivity index (χ2n) is 5.61. The van der Waals surface area contributed by atoms with Gasteiger partial charge in [-0.3, -0.25) is 4.79 Å². The minimum Gasteiger partial charge on any atom is -0.342 e. The second kappa shape index (κ2) is 6.35. The van der Waals surface area contributed by atoms with Gasteiger partial charge in [-0.2, -0.15) is 0 Å². The highest BCUT2D eigenvalue weighted by Crippen LogP contribution is 2.31. The summed E-state index contributed by atoms with van der Waals surface area (Å²) in [6, 6.07) is 0. The number of hydrogen-bond acceptors (Lipinski definition) is 5. The number of hydrogen-bond donors (Lipinski definition) is 0. The molecule has 0 aliphatic carbocycles. The first-order valence-electron chi connectivity index (χ1n) is 8.15. The normalized spacial score (nSPS) is 11.5. The van der Waals surface area contributed by atoms with E-state index >= 15 is 0 Å². The molecule has 0 radical (unpaired) electrons. The molecule has 0 atom stereocenters. The van der Waals surface area contributed by atoms with Crippen molar-refractivity contribution in [3.05, 3.63) is 27.3 Å². The zero-order valence-electron chi connectivity index (χ0n) is 14.4. The van der Waals surface area contributed by atoms with Crippen molar-refractivity contribution in [3.8, 4) is 0 Å². The number of thiophene rings is 1. The van der Waals surface area contributed by atoms with Crippen LogP contribution >= 0.6 is 11.3 Å². The third-order valence-corrected chi connectivity index (χ3v) is 5.39. The van der Waals surface area contributed by atoms with Crippen molar-refractivity contribution < 1.29 is 4.79 Å². The van der Waals surface area contributed by atoms with E-state index in [1.165, 1.54) is 25.9 Å². The molecule has 0 spiro atoms. The lowest BCUT2D eigenvalue weighted by Gasteiger charge is -2.17. The standard InChI is InChI=1S/C16H21N5O2S/c1-5-11-10(4)24-15-13(11)14-18-21(16(23)20(14)9-17-15)8-12(22)19(6-2)7-3/h9H,5-8H2,1-4H3. The van der Waals surface area contributed by atoms with Crippen LogP contribution in [0, 0.1) is 6.92 Å². The molecule has 24 heavy (non-hydrogen) atoms. The molecule has 3 aromatic rings. The van der Waals surface area contributed by atoms with Gasteiger partial charge >= 0.3 is 5.69 Å². The Bertz CT molecular complexity index is 964. The molecule has 8 heteroatoms. The fraction of sp³-hybridized carbons (Fsp3) is 0.500. The quantitative estimate of drug-likeness (QED) is 0.706. The van der Waals surface area contributed by atoms with E-state index in [4.69, 9.17) is 0 Å². The molecule has 0 aliphatic heterocycles. The lowest BCUT2D eigenvalue weighted by Crippen LogP contribution is -2.36. The Balaban J connectivity index is 2.15. The van der Waals surface area contributed by atoms with Gasteiger partial charge in [-0.05, 0) is 32.8 Å². The predicted molar refractivity (Wildman–Crippen MR) is 94.7 cm³/mol. The van der Waals surface area contributed by atoms with Gasteiger partial charge in [0.2, 0.25) is 5.91 Å². The number of carbonyl (C=O) groups is 1. The highest BCUT2D eigenvalue weighted by molar-refractivity contribution is 7.18. The van der Waals surface area contributed by atoms with Crippen LogP contribution in [-0.2, 0) is 17.8 Å². The summed E-state index contributed by atoms with van der Waals surface area (Å²) < 4.78 is 2.67. The van der Waals surface area contributed by atoms with Crippen LogP contribution in [0.25, 0.3) is 15.9 Å². The molecule has 0 aliphatic rings. The van der Waals surface area contributed by atoms with Crippen LogP contribution in [0.1, 0.15) is 31.2 Å². The molecule has 0 unspecified atom stereocenters. The third-order valence-electron chi connectivity index (χ3n) is 4.33. The van der Waals surface area contributed by atoms with E-state index in [-0.39, 0.29) is 18.1 Å². The van der Waals surface area contributed by atoms with Crippen molar-refractivity contribution >= 4 is 33.1 Å². The molecule has 0 saturated carbocycles. The van der Waals surface area contributed by atoms with Crippen molar-refractivity contribution in [2.45, 2.75) is 40.7 Å². The minimum atomic E-state index is -0.328. The molecule has 3 heterocycles. The van der Waals surface area contributed by atoms with Crippen molar-refractivity contribution in [2.24, 2.45) is 0 Å². The van der Waals surface area contributed by atoms with Crippen molar-refractivity contribution in [3.63, 3.8) is 0 Å². The lowest BCUT2D eigenvalue weighted by atomic mass is 10.1. The topological polar surface area (TPSA) is 72.5 Å². The Morgan fingerprint density at radius 1 is 1.29 bits per heavy atom. The van der Waals surface area contributed by atoms with Crippen LogP contribution in [0.4, 0.5) is 0 Å². The molecule has 0 fully saturated rings. The third kappa shape index (κ3) is 2.50. The number of carbonyl (C=O) groups excluding carboxylic acids is 1. The van der Waals surface area contributed by atoms with Gasteiger partial charge in [-0.1, -0.05) is 6.92 Å². The minimum absolute atomic E-state index is 0.0474. The number of aromatic nitrogens is 4. The molecule has 3 aromatic heterocycles. The Morgan fingerprint density at radius 2 is 2.00 bits per heavy atom. The molecule has 7 nitrogen and oxygen atoms in total. The van der Waals surface area contributed by atoms with Crippen molar-refractivity contribution in [1.29, 1.82) is 0 Å². The fourth-order valence-corrected chi connectivity index (χ4v) is 4.10. The monoisotopic (exact) mass is 347 g/mol. The Kier molecular flexibility index (Phi) is 4.40. The molecule has 3 rings (SSSR count). The van der Waals surface area contributed by atoms with Crippen LogP contribution in [0.3, 0.4) is 0 Å². The summed E-state index contributed by atoms with van der Waals surface area (Å²) >= 11 is 1.61. The number of amides is 1. The summed E-state index contributed by atoms with van der Waals surface area (Å²) in [7, 11) is 0. The fourth-order valence-electron chi connectivity index (χ4n) is 3.02. The molecule has 128 valence electrons. The summed E-state index contributed by atoms with van der Waals surface area (Å²) in [5.41, 5.74) is 1.42. The van der Waals surface area contributed by atoms with Gasteiger partial charge in [-0.25, -0.2) is 18.9 Å². The zero-order chi connectivity index (χ0) is 17.4. The van der Waals surface area contributed by atoms with Crippen molar-refractivity contribution in [1.82, 2.24) is 24.1 Å². The Labute approximate surface area is 143 Å². The maximum absolute atomic E-state index is 12.6. The number of aryl methyl sites for hydroxylation is 2. The maximum atomic E-state index is 12.6. The Hall–Kier alpha value is -2.22. The van der Waals surface area contributed by atoms with Crippen LogP contribution < -0.4 is 5.69 Å². The maximum Gasteiger partial charge on any atom is 0.352 e. The van der Waals surface area contributed by atoms with Gasteiger partial charge in [0.25, 0.3) is 0 Å². The van der Waals surface area contributed by atoms with Crippen LogP contribution in [-0.4, -0.2) is 43.1 Å². The molecule has 0 saturated heterocycles. The molecular weight excluding hydrogens is 326 g/mol. The van der Waals surface area contributed by atoms with E-state index in [1.807, 2.05) is 13.8 Å². The highest BCUT2D eigenvalue weighted by Gasteiger charge is 2.19. The number of nitrogens with zero attached hydrogens (tertiary/aromatic N) is 5. The second-order valence-corrected chi connectivity index (χ2v) is 6.82. The van der Waals surface area contributed by atoms with E-state index in [9.17, 15) is 9.59 Å². The summed E-state index contributed by atoms with van der Waals surface area (Å²) in [5.74, 6) is -0.105. The number of likely N-dealkylation sites (N-methyl/N-ethyl adjacent to an activating group) is 1. The van der Waals surface area contributed by atoms with Gasteiger partial charge in [0, 0.05) is 18.0 Å². The SMILES string of the molecule is CCc1c(C)sc2ncn3c(=O)n(CC(=O)N(CC)CC)nc3c12. The summed E-state index contributed by atoms with van der Waals surface area (Å²) in [6.45, 7) is 9.16. The van der Waals surface area contributed by atoms with Gasteiger partial charge < -0.3 is 4.90 Å². The predicted octanol–water partition coefficient (Wildman–Crippen LogP) is 1.84. The van der Waals surface area contributed by atoms with E-state index in [0.717, 1.165) is 16.6 Å². The smallest absolute Gasteiger partial charge is 0.342 e. The van der Waals surface area contributed by atoms with Crippen LogP contribution in [0.5, 0.6) is 0 Å². The summed E-state index contributed by atoms with van der Waals surface area (Å²) in [5, 5.41) is 5.36. The van der Waals surface area contributed by atoms with Crippen molar-refractivity contribution in [2.75, 3.05) is 13.1 Å². The Morgan fingerprint density at radius 3 is 2.62 bits per heavy atom.